The Kier molecular flexibility index (Phi) is 6.17. The first-order valence-corrected chi connectivity index (χ1v) is 6.95. The van der Waals surface area contributed by atoms with Crippen molar-refractivity contribution in [3.8, 4) is 0 Å². The smallest absolute Gasteiger partial charge is 0.0231 e. The molecule has 0 amide bonds. The molecule has 1 aromatic rings. The average molecular weight is 299 g/mol. The van der Waals surface area contributed by atoms with Gasteiger partial charge < -0.3 is 10.2 Å². The predicted molar refractivity (Wildman–Crippen MR) is 78.4 cm³/mol. The number of nitrogens with one attached hydrogen (secondary N) is 1. The van der Waals surface area contributed by atoms with Crippen molar-refractivity contribution in [3.63, 3.8) is 0 Å². The van der Waals surface area contributed by atoms with Crippen LogP contribution in [0.4, 0.5) is 0 Å². The lowest BCUT2D eigenvalue weighted by Gasteiger charge is -2.18. The molecule has 0 atom stereocenters. The predicted octanol–water partition coefficient (Wildman–Crippen LogP) is 3.19. The molecule has 2 nitrogen and oxygen atoms in total. The summed E-state index contributed by atoms with van der Waals surface area (Å²) < 4.78 is 1.19. The quantitative estimate of drug-likeness (QED) is 0.868. The molecule has 0 aromatic heterocycles. The summed E-state index contributed by atoms with van der Waals surface area (Å²) in [6, 6.07) is 7.13. The van der Waals surface area contributed by atoms with Gasteiger partial charge in [-0.2, -0.15) is 0 Å². The van der Waals surface area contributed by atoms with Gasteiger partial charge in [0.15, 0.2) is 0 Å². The van der Waals surface area contributed by atoms with Crippen LogP contribution < -0.4 is 5.32 Å². The van der Waals surface area contributed by atoms with Crippen molar-refractivity contribution >= 4 is 15.9 Å². The number of nitrogens with zero attached hydrogens (tertiary/aromatic N) is 1. The van der Waals surface area contributed by atoms with Crippen molar-refractivity contribution in [2.75, 3.05) is 20.1 Å². The van der Waals surface area contributed by atoms with Crippen LogP contribution in [0.5, 0.6) is 0 Å². The minimum Gasteiger partial charge on any atom is -0.313 e. The Morgan fingerprint density at radius 1 is 1.35 bits per heavy atom. The van der Waals surface area contributed by atoms with E-state index in [1.165, 1.54) is 15.6 Å². The zero-order chi connectivity index (χ0) is 12.8. The van der Waals surface area contributed by atoms with Gasteiger partial charge in [-0.3, -0.25) is 0 Å². The highest BCUT2D eigenvalue weighted by molar-refractivity contribution is 9.10. The monoisotopic (exact) mass is 298 g/mol. The molecule has 0 aliphatic rings. The normalized spacial score (nSPS) is 11.5. The number of benzene rings is 1. The molecule has 17 heavy (non-hydrogen) atoms. The van der Waals surface area contributed by atoms with Gasteiger partial charge in [-0.25, -0.2) is 0 Å². The van der Waals surface area contributed by atoms with Crippen LogP contribution in [0, 0.1) is 6.92 Å². The highest BCUT2D eigenvalue weighted by atomic mass is 79.9. The molecule has 0 saturated heterocycles. The van der Waals surface area contributed by atoms with Crippen molar-refractivity contribution < 1.29 is 0 Å². The standard InChI is InChI=1S/C14H23BrN2/c1-11(2)16-7-8-17(4)10-13-5-6-14(15)12(3)9-13/h5-6,9,11,16H,7-8,10H2,1-4H3. The number of aryl methyl sites for hydroxylation is 1. The molecule has 0 saturated carbocycles. The minimum absolute atomic E-state index is 0.568. The number of hydrogen-bond acceptors (Lipinski definition) is 2. The molecule has 0 unspecified atom stereocenters. The zero-order valence-electron chi connectivity index (χ0n) is 11.3. The van der Waals surface area contributed by atoms with E-state index >= 15 is 0 Å². The van der Waals surface area contributed by atoms with Crippen LogP contribution in [0.2, 0.25) is 0 Å². The molecule has 0 heterocycles. The molecule has 0 fully saturated rings. The van der Waals surface area contributed by atoms with Crippen LogP contribution in [0.3, 0.4) is 0 Å². The lowest BCUT2D eigenvalue weighted by molar-refractivity contribution is 0.320. The molecular weight excluding hydrogens is 276 g/mol. The highest BCUT2D eigenvalue weighted by Crippen LogP contribution is 2.17. The molecule has 0 bridgehead atoms. The number of hydrogen-bond donors (Lipinski definition) is 1. The van der Waals surface area contributed by atoms with Crippen molar-refractivity contribution in [1.82, 2.24) is 10.2 Å². The summed E-state index contributed by atoms with van der Waals surface area (Å²) in [5, 5.41) is 3.43. The van der Waals surface area contributed by atoms with Crippen molar-refractivity contribution in [1.29, 1.82) is 0 Å². The second kappa shape index (κ2) is 7.14. The molecule has 1 N–H and O–H groups in total. The molecule has 1 aromatic carbocycles. The first-order chi connectivity index (χ1) is 7.99. The van der Waals surface area contributed by atoms with Crippen molar-refractivity contribution in [2.24, 2.45) is 0 Å². The van der Waals surface area contributed by atoms with Gasteiger partial charge >= 0.3 is 0 Å². The van der Waals surface area contributed by atoms with Crippen LogP contribution >= 0.6 is 15.9 Å². The van der Waals surface area contributed by atoms with Crippen LogP contribution in [0.15, 0.2) is 22.7 Å². The largest absolute Gasteiger partial charge is 0.313 e. The minimum atomic E-state index is 0.568. The second-order valence-electron chi connectivity index (χ2n) is 4.93. The summed E-state index contributed by atoms with van der Waals surface area (Å²) >= 11 is 3.53. The SMILES string of the molecule is Cc1cc(CN(C)CCNC(C)C)ccc1Br. The number of rotatable bonds is 6. The summed E-state index contributed by atoms with van der Waals surface area (Å²) in [6.07, 6.45) is 0. The van der Waals surface area contributed by atoms with Crippen molar-refractivity contribution in [2.45, 2.75) is 33.4 Å². The molecule has 0 radical (unpaired) electrons. The maximum Gasteiger partial charge on any atom is 0.0231 e. The first-order valence-electron chi connectivity index (χ1n) is 6.16. The van der Waals surface area contributed by atoms with Crippen LogP contribution in [0.1, 0.15) is 25.0 Å². The number of halogens is 1. The molecule has 96 valence electrons. The maximum absolute atomic E-state index is 3.53. The van der Waals surface area contributed by atoms with E-state index in [-0.39, 0.29) is 0 Å². The van der Waals surface area contributed by atoms with E-state index in [1.54, 1.807) is 0 Å². The molecule has 0 spiro atoms. The first kappa shape index (κ1) is 14.7. The maximum atomic E-state index is 3.53. The Hall–Kier alpha value is -0.380. The molecule has 1 rings (SSSR count). The van der Waals surface area contributed by atoms with Gasteiger partial charge in [-0.1, -0.05) is 41.9 Å². The van der Waals surface area contributed by atoms with E-state index in [2.05, 4.69) is 72.2 Å². The molecule has 0 aliphatic carbocycles. The van der Waals surface area contributed by atoms with Crippen molar-refractivity contribution in [3.05, 3.63) is 33.8 Å². The third kappa shape index (κ3) is 5.66. The summed E-state index contributed by atoms with van der Waals surface area (Å²) in [6.45, 7) is 9.62. The fourth-order valence-electron chi connectivity index (χ4n) is 1.74. The fraction of sp³-hybridized carbons (Fsp3) is 0.571. The van der Waals surface area contributed by atoms with E-state index in [9.17, 15) is 0 Å². The second-order valence-corrected chi connectivity index (χ2v) is 5.78. The third-order valence-electron chi connectivity index (χ3n) is 2.72. The summed E-state index contributed by atoms with van der Waals surface area (Å²) in [4.78, 5) is 2.35. The molecular formula is C14H23BrN2. The lowest BCUT2D eigenvalue weighted by Crippen LogP contribution is -2.32. The van der Waals surface area contributed by atoms with E-state index in [4.69, 9.17) is 0 Å². The topological polar surface area (TPSA) is 15.3 Å². The highest BCUT2D eigenvalue weighted by Gasteiger charge is 2.02. The summed E-state index contributed by atoms with van der Waals surface area (Å²) in [7, 11) is 2.17. The summed E-state index contributed by atoms with van der Waals surface area (Å²) in [5.74, 6) is 0. The fourth-order valence-corrected chi connectivity index (χ4v) is 1.99. The summed E-state index contributed by atoms with van der Waals surface area (Å²) in [5.41, 5.74) is 2.67. The van der Waals surface area contributed by atoms with Crippen LogP contribution in [0.25, 0.3) is 0 Å². The van der Waals surface area contributed by atoms with Gasteiger partial charge in [0.05, 0.1) is 0 Å². The van der Waals surface area contributed by atoms with Crippen LogP contribution in [-0.4, -0.2) is 31.1 Å². The zero-order valence-corrected chi connectivity index (χ0v) is 12.8. The van der Waals surface area contributed by atoms with E-state index in [0.29, 0.717) is 6.04 Å². The Morgan fingerprint density at radius 2 is 2.06 bits per heavy atom. The van der Waals surface area contributed by atoms with Gasteiger partial charge in [-0.15, -0.1) is 0 Å². The van der Waals surface area contributed by atoms with Gasteiger partial charge in [0.25, 0.3) is 0 Å². The Bertz CT molecular complexity index is 350. The molecule has 0 aliphatic heterocycles. The number of likely N-dealkylation sites (N-methyl/N-ethyl adjacent to an activating group) is 1. The van der Waals surface area contributed by atoms with Gasteiger partial charge in [0.1, 0.15) is 0 Å². The average Bonchev–Trinajstić information content (AvgIpc) is 2.23. The van der Waals surface area contributed by atoms with Gasteiger partial charge in [-0.05, 0) is 31.2 Å². The lowest BCUT2D eigenvalue weighted by atomic mass is 10.1. The molecule has 3 heteroatoms. The van der Waals surface area contributed by atoms with E-state index in [1.807, 2.05) is 0 Å². The van der Waals surface area contributed by atoms with E-state index in [0.717, 1.165) is 19.6 Å². The van der Waals surface area contributed by atoms with E-state index < -0.39 is 0 Å². The third-order valence-corrected chi connectivity index (χ3v) is 3.61. The Labute approximate surface area is 114 Å². The van der Waals surface area contributed by atoms with Gasteiger partial charge in [0, 0.05) is 30.1 Å². The van der Waals surface area contributed by atoms with Crippen LogP contribution in [-0.2, 0) is 6.54 Å². The Balaban J connectivity index is 2.39. The van der Waals surface area contributed by atoms with Gasteiger partial charge in [0.2, 0.25) is 0 Å². The Morgan fingerprint density at radius 3 is 2.65 bits per heavy atom.